The molecule has 0 aliphatic rings. The van der Waals surface area contributed by atoms with Crippen molar-refractivity contribution in [3.8, 4) is 0 Å². The zero-order valence-electron chi connectivity index (χ0n) is 7.58. The molecule has 1 aromatic rings. The van der Waals surface area contributed by atoms with Crippen molar-refractivity contribution in [2.75, 3.05) is 6.61 Å². The first-order valence-electron chi connectivity index (χ1n) is 4.32. The van der Waals surface area contributed by atoms with Crippen molar-refractivity contribution in [1.82, 2.24) is 10.3 Å². The quantitative estimate of drug-likeness (QED) is 0.635. The summed E-state index contributed by atoms with van der Waals surface area (Å²) in [7, 11) is 0. The number of aliphatic hydroxyl groups excluding tert-OH is 1. The van der Waals surface area contributed by atoms with Gasteiger partial charge < -0.3 is 15.4 Å². The zero-order valence-corrected chi connectivity index (χ0v) is 7.58. The van der Waals surface area contributed by atoms with Crippen LogP contribution in [0.4, 0.5) is 0 Å². The number of nitrogens with one attached hydrogen (secondary N) is 2. The molecule has 0 spiro atoms. The standard InChI is InChI=1S/C9H14N2O2/c1-2-8(6-12)11-9(13)7-3-4-10-5-7/h3-5,8,10,12H,2,6H2,1H3,(H,11,13). The minimum absolute atomic E-state index is 0.0212. The molecule has 0 aliphatic carbocycles. The van der Waals surface area contributed by atoms with E-state index in [4.69, 9.17) is 5.11 Å². The van der Waals surface area contributed by atoms with E-state index in [-0.39, 0.29) is 18.6 Å². The molecule has 0 fully saturated rings. The fourth-order valence-corrected chi connectivity index (χ4v) is 1.01. The van der Waals surface area contributed by atoms with E-state index in [1.54, 1.807) is 18.5 Å². The molecule has 0 aliphatic heterocycles. The zero-order chi connectivity index (χ0) is 9.68. The number of aliphatic hydroxyl groups is 1. The van der Waals surface area contributed by atoms with Gasteiger partial charge in [0.2, 0.25) is 0 Å². The molecule has 0 aromatic carbocycles. The summed E-state index contributed by atoms with van der Waals surface area (Å²) in [6, 6.07) is 1.54. The molecule has 4 heteroatoms. The molecule has 1 amide bonds. The molecule has 3 N–H and O–H groups in total. The van der Waals surface area contributed by atoms with Gasteiger partial charge in [0.25, 0.3) is 5.91 Å². The predicted molar refractivity (Wildman–Crippen MR) is 49.4 cm³/mol. The van der Waals surface area contributed by atoms with E-state index < -0.39 is 0 Å². The molecular weight excluding hydrogens is 168 g/mol. The van der Waals surface area contributed by atoms with Gasteiger partial charge in [-0.1, -0.05) is 6.92 Å². The predicted octanol–water partition coefficient (Wildman–Crippen LogP) is 0.515. The SMILES string of the molecule is CCC(CO)NC(=O)c1cc[nH]c1. The second-order valence-electron chi connectivity index (χ2n) is 2.86. The van der Waals surface area contributed by atoms with Crippen molar-refractivity contribution in [3.63, 3.8) is 0 Å². The maximum absolute atomic E-state index is 11.4. The Hall–Kier alpha value is -1.29. The van der Waals surface area contributed by atoms with Crippen molar-refractivity contribution in [3.05, 3.63) is 24.0 Å². The number of carbonyl (C=O) groups is 1. The van der Waals surface area contributed by atoms with Crippen LogP contribution in [0.15, 0.2) is 18.5 Å². The van der Waals surface area contributed by atoms with Gasteiger partial charge in [-0.3, -0.25) is 4.79 Å². The van der Waals surface area contributed by atoms with E-state index in [2.05, 4.69) is 10.3 Å². The van der Waals surface area contributed by atoms with Gasteiger partial charge in [-0.25, -0.2) is 0 Å². The van der Waals surface area contributed by atoms with E-state index in [1.807, 2.05) is 6.92 Å². The fourth-order valence-electron chi connectivity index (χ4n) is 1.01. The highest BCUT2D eigenvalue weighted by atomic mass is 16.3. The summed E-state index contributed by atoms with van der Waals surface area (Å²) in [5, 5.41) is 11.6. The Balaban J connectivity index is 2.50. The first-order chi connectivity index (χ1) is 6.27. The number of aromatic amines is 1. The lowest BCUT2D eigenvalue weighted by molar-refractivity contribution is 0.0915. The molecule has 0 saturated carbocycles. The molecular formula is C9H14N2O2. The summed E-state index contributed by atoms with van der Waals surface area (Å²) in [5.74, 6) is -0.151. The summed E-state index contributed by atoms with van der Waals surface area (Å²) >= 11 is 0. The van der Waals surface area contributed by atoms with E-state index >= 15 is 0 Å². The van der Waals surface area contributed by atoms with E-state index in [0.717, 1.165) is 6.42 Å². The van der Waals surface area contributed by atoms with Crippen LogP contribution in [-0.2, 0) is 0 Å². The maximum atomic E-state index is 11.4. The molecule has 1 heterocycles. The van der Waals surface area contributed by atoms with Crippen LogP contribution in [0.5, 0.6) is 0 Å². The van der Waals surface area contributed by atoms with E-state index in [9.17, 15) is 4.79 Å². The highest BCUT2D eigenvalue weighted by Gasteiger charge is 2.10. The Morgan fingerprint density at radius 2 is 2.54 bits per heavy atom. The van der Waals surface area contributed by atoms with Crippen molar-refractivity contribution in [2.45, 2.75) is 19.4 Å². The number of amides is 1. The Labute approximate surface area is 77.0 Å². The highest BCUT2D eigenvalue weighted by molar-refractivity contribution is 5.94. The van der Waals surface area contributed by atoms with E-state index in [1.165, 1.54) is 0 Å². The fraction of sp³-hybridized carbons (Fsp3) is 0.444. The van der Waals surface area contributed by atoms with Crippen LogP contribution in [0.3, 0.4) is 0 Å². The van der Waals surface area contributed by atoms with Crippen LogP contribution in [0, 0.1) is 0 Å². The van der Waals surface area contributed by atoms with Gasteiger partial charge in [0.1, 0.15) is 0 Å². The van der Waals surface area contributed by atoms with Crippen LogP contribution in [0.25, 0.3) is 0 Å². The average Bonchev–Trinajstić information content (AvgIpc) is 2.66. The third kappa shape index (κ3) is 2.59. The minimum Gasteiger partial charge on any atom is -0.394 e. The number of H-pyrrole nitrogens is 1. The molecule has 1 unspecified atom stereocenters. The molecule has 1 rings (SSSR count). The highest BCUT2D eigenvalue weighted by Crippen LogP contribution is 1.98. The second-order valence-corrected chi connectivity index (χ2v) is 2.86. The molecule has 0 radical (unpaired) electrons. The normalized spacial score (nSPS) is 12.5. The topological polar surface area (TPSA) is 65.1 Å². The lowest BCUT2D eigenvalue weighted by atomic mass is 10.2. The molecule has 1 aromatic heterocycles. The van der Waals surface area contributed by atoms with Crippen LogP contribution >= 0.6 is 0 Å². The van der Waals surface area contributed by atoms with Gasteiger partial charge in [-0.15, -0.1) is 0 Å². The van der Waals surface area contributed by atoms with Crippen LogP contribution < -0.4 is 5.32 Å². The average molecular weight is 182 g/mol. The molecule has 13 heavy (non-hydrogen) atoms. The Morgan fingerprint density at radius 1 is 1.77 bits per heavy atom. The van der Waals surface area contributed by atoms with Crippen LogP contribution in [0.1, 0.15) is 23.7 Å². The third-order valence-corrected chi connectivity index (χ3v) is 1.91. The van der Waals surface area contributed by atoms with E-state index in [0.29, 0.717) is 5.56 Å². The van der Waals surface area contributed by atoms with Gasteiger partial charge in [0.15, 0.2) is 0 Å². The molecule has 1 atom stereocenters. The number of hydrogen-bond acceptors (Lipinski definition) is 2. The first-order valence-corrected chi connectivity index (χ1v) is 4.32. The minimum atomic E-state index is -0.151. The lowest BCUT2D eigenvalue weighted by Gasteiger charge is -2.12. The summed E-state index contributed by atoms with van der Waals surface area (Å²) in [4.78, 5) is 14.2. The second kappa shape index (κ2) is 4.67. The first kappa shape index (κ1) is 9.80. The van der Waals surface area contributed by atoms with Gasteiger partial charge in [-0.05, 0) is 12.5 Å². The van der Waals surface area contributed by atoms with Crippen LogP contribution in [-0.4, -0.2) is 28.6 Å². The van der Waals surface area contributed by atoms with Gasteiger partial charge in [0, 0.05) is 12.4 Å². The van der Waals surface area contributed by atoms with Gasteiger partial charge >= 0.3 is 0 Å². The third-order valence-electron chi connectivity index (χ3n) is 1.91. The summed E-state index contributed by atoms with van der Waals surface area (Å²) in [5.41, 5.74) is 0.590. The summed E-state index contributed by atoms with van der Waals surface area (Å²) in [6.45, 7) is 1.89. The largest absolute Gasteiger partial charge is 0.394 e. The number of rotatable bonds is 4. The monoisotopic (exact) mass is 182 g/mol. The van der Waals surface area contributed by atoms with Gasteiger partial charge in [0.05, 0.1) is 18.2 Å². The lowest BCUT2D eigenvalue weighted by Crippen LogP contribution is -2.36. The summed E-state index contributed by atoms with van der Waals surface area (Å²) < 4.78 is 0. The molecule has 72 valence electrons. The summed E-state index contributed by atoms with van der Waals surface area (Å²) in [6.07, 6.45) is 4.04. The Kier molecular flexibility index (Phi) is 3.52. The molecule has 4 nitrogen and oxygen atoms in total. The Bertz CT molecular complexity index is 253. The number of aromatic nitrogens is 1. The Morgan fingerprint density at radius 3 is 3.00 bits per heavy atom. The van der Waals surface area contributed by atoms with Crippen molar-refractivity contribution in [1.29, 1.82) is 0 Å². The van der Waals surface area contributed by atoms with Crippen molar-refractivity contribution >= 4 is 5.91 Å². The smallest absolute Gasteiger partial charge is 0.253 e. The molecule has 0 bridgehead atoms. The van der Waals surface area contributed by atoms with Crippen molar-refractivity contribution < 1.29 is 9.90 Å². The number of hydrogen-bond donors (Lipinski definition) is 3. The maximum Gasteiger partial charge on any atom is 0.253 e. The van der Waals surface area contributed by atoms with Crippen molar-refractivity contribution in [2.24, 2.45) is 0 Å². The van der Waals surface area contributed by atoms with Gasteiger partial charge in [-0.2, -0.15) is 0 Å². The number of carbonyl (C=O) groups excluding carboxylic acids is 1. The van der Waals surface area contributed by atoms with Crippen LogP contribution in [0.2, 0.25) is 0 Å². The molecule has 0 saturated heterocycles.